The number of aliphatic hydroxyl groups excluding tert-OH is 1. The van der Waals surface area contributed by atoms with Gasteiger partial charge in [-0.25, -0.2) is 8.42 Å². The van der Waals surface area contributed by atoms with Crippen molar-refractivity contribution in [1.29, 1.82) is 0 Å². The van der Waals surface area contributed by atoms with Gasteiger partial charge in [0.2, 0.25) is 10.0 Å². The molecule has 0 atom stereocenters. The van der Waals surface area contributed by atoms with Crippen LogP contribution in [0.5, 0.6) is 0 Å². The number of hydrogen-bond donors (Lipinski definition) is 2. The lowest BCUT2D eigenvalue weighted by Crippen LogP contribution is -2.40. The SMILES string of the molecule is NC(=S)c1ncccc1S(=O)(=O)N1CCC(O)CC1. The standard InChI is InChI=1S/C11H15N3O3S2/c12-11(18)10-9(2-1-5-13-10)19(16,17)14-6-3-8(15)4-7-14/h1-2,5,8,15H,3-4,6-7H2,(H2,12,18). The zero-order valence-electron chi connectivity index (χ0n) is 10.2. The number of nitrogens with two attached hydrogens (primary N) is 1. The number of rotatable bonds is 3. The van der Waals surface area contributed by atoms with Crippen molar-refractivity contribution in [3.05, 3.63) is 24.0 Å². The molecule has 0 radical (unpaired) electrons. The predicted octanol–water partition coefficient (Wildman–Crippen LogP) is -0.139. The predicted molar refractivity (Wildman–Crippen MR) is 74.1 cm³/mol. The molecule has 0 spiro atoms. The van der Waals surface area contributed by atoms with Gasteiger partial charge in [-0.2, -0.15) is 4.31 Å². The van der Waals surface area contributed by atoms with Crippen LogP contribution in [0.4, 0.5) is 0 Å². The Morgan fingerprint density at radius 2 is 2.11 bits per heavy atom. The molecule has 19 heavy (non-hydrogen) atoms. The second-order valence-electron chi connectivity index (χ2n) is 4.35. The molecule has 8 heteroatoms. The third-order valence-electron chi connectivity index (χ3n) is 3.05. The zero-order valence-corrected chi connectivity index (χ0v) is 11.8. The second kappa shape index (κ2) is 5.49. The molecule has 0 amide bonds. The average molecular weight is 301 g/mol. The van der Waals surface area contributed by atoms with Crippen LogP contribution in [0.25, 0.3) is 0 Å². The first-order chi connectivity index (χ1) is 8.93. The number of hydrogen-bond acceptors (Lipinski definition) is 5. The summed E-state index contributed by atoms with van der Waals surface area (Å²) >= 11 is 4.83. The Hall–Kier alpha value is -1.09. The molecule has 0 aromatic carbocycles. The van der Waals surface area contributed by atoms with E-state index in [0.29, 0.717) is 12.8 Å². The molecule has 0 saturated carbocycles. The number of sulfonamides is 1. The monoisotopic (exact) mass is 301 g/mol. The summed E-state index contributed by atoms with van der Waals surface area (Å²) in [5.74, 6) is 0. The van der Waals surface area contributed by atoms with E-state index in [4.69, 9.17) is 18.0 Å². The summed E-state index contributed by atoms with van der Waals surface area (Å²) in [6.45, 7) is 0.574. The first kappa shape index (κ1) is 14.3. The molecule has 0 aliphatic carbocycles. The third kappa shape index (κ3) is 2.92. The summed E-state index contributed by atoms with van der Waals surface area (Å²) in [4.78, 5) is 3.91. The van der Waals surface area contributed by atoms with Crippen LogP contribution >= 0.6 is 12.2 Å². The van der Waals surface area contributed by atoms with Crippen LogP contribution in [0, 0.1) is 0 Å². The van der Waals surface area contributed by atoms with Crippen LogP contribution < -0.4 is 5.73 Å². The van der Waals surface area contributed by atoms with E-state index in [2.05, 4.69) is 4.98 Å². The molecular formula is C11H15N3O3S2. The molecule has 1 fully saturated rings. The van der Waals surface area contributed by atoms with E-state index < -0.39 is 16.1 Å². The van der Waals surface area contributed by atoms with Crippen LogP contribution in [0.3, 0.4) is 0 Å². The molecule has 1 aromatic heterocycles. The summed E-state index contributed by atoms with van der Waals surface area (Å²) in [5.41, 5.74) is 5.62. The third-order valence-corrected chi connectivity index (χ3v) is 5.17. The van der Waals surface area contributed by atoms with Gasteiger partial charge in [0.05, 0.1) is 6.10 Å². The minimum absolute atomic E-state index is 0.0267. The van der Waals surface area contributed by atoms with Crippen LogP contribution in [-0.2, 0) is 10.0 Å². The van der Waals surface area contributed by atoms with Crippen molar-refractivity contribution in [2.45, 2.75) is 23.8 Å². The minimum Gasteiger partial charge on any atom is -0.393 e. The molecule has 2 heterocycles. The molecule has 1 saturated heterocycles. The highest BCUT2D eigenvalue weighted by molar-refractivity contribution is 7.89. The number of nitrogens with zero attached hydrogens (tertiary/aromatic N) is 2. The quantitative estimate of drug-likeness (QED) is 0.754. The van der Waals surface area contributed by atoms with Gasteiger partial charge in [0.25, 0.3) is 0 Å². The van der Waals surface area contributed by atoms with E-state index in [-0.39, 0.29) is 28.7 Å². The van der Waals surface area contributed by atoms with Crippen molar-refractivity contribution >= 4 is 27.2 Å². The lowest BCUT2D eigenvalue weighted by Gasteiger charge is -2.29. The van der Waals surface area contributed by atoms with E-state index in [1.165, 1.54) is 22.6 Å². The Morgan fingerprint density at radius 1 is 1.47 bits per heavy atom. The maximum absolute atomic E-state index is 12.5. The molecular weight excluding hydrogens is 286 g/mol. The van der Waals surface area contributed by atoms with E-state index in [1.807, 2.05) is 0 Å². The van der Waals surface area contributed by atoms with Crippen LogP contribution in [-0.4, -0.2) is 47.0 Å². The van der Waals surface area contributed by atoms with Gasteiger partial charge in [0.1, 0.15) is 15.6 Å². The van der Waals surface area contributed by atoms with Crippen molar-refractivity contribution < 1.29 is 13.5 Å². The fourth-order valence-corrected chi connectivity index (χ4v) is 3.86. The molecule has 0 unspecified atom stereocenters. The maximum Gasteiger partial charge on any atom is 0.245 e. The molecule has 6 nitrogen and oxygen atoms in total. The van der Waals surface area contributed by atoms with Crippen molar-refractivity contribution in [1.82, 2.24) is 9.29 Å². The van der Waals surface area contributed by atoms with E-state index in [9.17, 15) is 13.5 Å². The number of piperidine rings is 1. The number of pyridine rings is 1. The molecule has 2 rings (SSSR count). The van der Waals surface area contributed by atoms with Crippen molar-refractivity contribution in [3.8, 4) is 0 Å². The Bertz CT molecular complexity index is 581. The zero-order chi connectivity index (χ0) is 14.0. The van der Waals surface area contributed by atoms with Crippen LogP contribution in [0.15, 0.2) is 23.2 Å². The van der Waals surface area contributed by atoms with Crippen molar-refractivity contribution in [2.75, 3.05) is 13.1 Å². The van der Waals surface area contributed by atoms with Gasteiger partial charge in [-0.15, -0.1) is 0 Å². The fourth-order valence-electron chi connectivity index (χ4n) is 2.01. The smallest absolute Gasteiger partial charge is 0.245 e. The van der Waals surface area contributed by atoms with Crippen molar-refractivity contribution in [2.24, 2.45) is 5.73 Å². The molecule has 1 aliphatic heterocycles. The van der Waals surface area contributed by atoms with Gasteiger partial charge in [-0.1, -0.05) is 12.2 Å². The highest BCUT2D eigenvalue weighted by Crippen LogP contribution is 2.22. The van der Waals surface area contributed by atoms with Gasteiger partial charge in [-0.05, 0) is 25.0 Å². The lowest BCUT2D eigenvalue weighted by molar-refractivity contribution is 0.113. The Labute approximate surface area is 117 Å². The highest BCUT2D eigenvalue weighted by atomic mass is 32.2. The van der Waals surface area contributed by atoms with Gasteiger partial charge in [-0.3, -0.25) is 4.98 Å². The second-order valence-corrected chi connectivity index (χ2v) is 6.70. The first-order valence-electron chi connectivity index (χ1n) is 5.86. The number of aromatic nitrogens is 1. The van der Waals surface area contributed by atoms with Gasteiger partial charge in [0.15, 0.2) is 0 Å². The lowest BCUT2D eigenvalue weighted by atomic mass is 10.1. The summed E-state index contributed by atoms with van der Waals surface area (Å²) in [6, 6.07) is 2.98. The normalized spacial score (nSPS) is 18.4. The van der Waals surface area contributed by atoms with Crippen LogP contribution in [0.2, 0.25) is 0 Å². The van der Waals surface area contributed by atoms with E-state index in [0.717, 1.165) is 0 Å². The minimum atomic E-state index is -3.67. The van der Waals surface area contributed by atoms with Gasteiger partial charge >= 0.3 is 0 Å². The van der Waals surface area contributed by atoms with Gasteiger partial charge in [0, 0.05) is 19.3 Å². The summed E-state index contributed by atoms with van der Waals surface area (Å²) < 4.78 is 26.3. The summed E-state index contributed by atoms with van der Waals surface area (Å²) in [5, 5.41) is 9.43. The van der Waals surface area contributed by atoms with E-state index in [1.54, 1.807) is 0 Å². The van der Waals surface area contributed by atoms with E-state index >= 15 is 0 Å². The maximum atomic E-state index is 12.5. The fraction of sp³-hybridized carbons (Fsp3) is 0.455. The first-order valence-corrected chi connectivity index (χ1v) is 7.71. The molecule has 0 bridgehead atoms. The van der Waals surface area contributed by atoms with Gasteiger partial charge < -0.3 is 10.8 Å². The molecule has 3 N–H and O–H groups in total. The Morgan fingerprint density at radius 3 is 2.68 bits per heavy atom. The Balaban J connectivity index is 2.37. The Kier molecular flexibility index (Phi) is 4.14. The van der Waals surface area contributed by atoms with Crippen molar-refractivity contribution in [3.63, 3.8) is 0 Å². The van der Waals surface area contributed by atoms with Crippen LogP contribution in [0.1, 0.15) is 18.5 Å². The average Bonchev–Trinajstić information content (AvgIpc) is 2.39. The number of thiocarbonyl (C=S) groups is 1. The molecule has 104 valence electrons. The highest BCUT2D eigenvalue weighted by Gasteiger charge is 2.31. The number of aliphatic hydroxyl groups is 1. The summed E-state index contributed by atoms with van der Waals surface area (Å²) in [6.07, 6.45) is 1.88. The molecule has 1 aromatic rings. The summed E-state index contributed by atoms with van der Waals surface area (Å²) in [7, 11) is -3.67. The molecule has 1 aliphatic rings. The largest absolute Gasteiger partial charge is 0.393 e. The topological polar surface area (TPSA) is 96.5 Å².